The second-order valence-electron chi connectivity index (χ2n) is 6.38. The molecule has 138 valence electrons. The van der Waals surface area contributed by atoms with E-state index in [1.807, 2.05) is 30.3 Å². The van der Waals surface area contributed by atoms with Gasteiger partial charge in [0, 0.05) is 43.3 Å². The molecule has 1 amide bonds. The summed E-state index contributed by atoms with van der Waals surface area (Å²) in [5.41, 5.74) is 1.15. The van der Waals surface area contributed by atoms with Crippen LogP contribution in [0.15, 0.2) is 36.4 Å². The van der Waals surface area contributed by atoms with Gasteiger partial charge in [0.1, 0.15) is 0 Å². The number of carbonyl (C=O) groups excluding carboxylic acids is 1. The van der Waals surface area contributed by atoms with Crippen LogP contribution < -0.4 is 15.1 Å². The summed E-state index contributed by atoms with van der Waals surface area (Å²) in [6.45, 7) is 5.59. The SMILES string of the molecule is CCCCC(=O)Nc1ccc(N2CCN(c3cccc(Cl)c3)CC2)nn1. The van der Waals surface area contributed by atoms with Crippen LogP contribution >= 0.6 is 11.6 Å². The number of carbonyl (C=O) groups is 1. The maximum atomic E-state index is 11.7. The van der Waals surface area contributed by atoms with Crippen LogP contribution in [-0.2, 0) is 4.79 Å². The number of nitrogens with one attached hydrogen (secondary N) is 1. The molecule has 0 aliphatic carbocycles. The Morgan fingerprint density at radius 3 is 2.54 bits per heavy atom. The Labute approximate surface area is 159 Å². The maximum absolute atomic E-state index is 11.7. The molecule has 1 fully saturated rings. The van der Waals surface area contributed by atoms with E-state index in [4.69, 9.17) is 11.6 Å². The van der Waals surface area contributed by atoms with E-state index in [2.05, 4.69) is 38.3 Å². The zero-order valence-corrected chi connectivity index (χ0v) is 15.7. The molecule has 0 saturated carbocycles. The van der Waals surface area contributed by atoms with E-state index in [0.29, 0.717) is 12.2 Å². The van der Waals surface area contributed by atoms with Gasteiger partial charge < -0.3 is 15.1 Å². The van der Waals surface area contributed by atoms with E-state index in [9.17, 15) is 4.79 Å². The standard InChI is InChI=1S/C19H24ClN5O/c1-2-3-7-19(26)21-17-8-9-18(23-22-17)25-12-10-24(11-13-25)16-6-4-5-15(20)14-16/h4-6,8-9,14H,2-3,7,10-13H2,1H3,(H,21,22,26). The highest BCUT2D eigenvalue weighted by Gasteiger charge is 2.19. The molecule has 2 aromatic rings. The third-order valence-electron chi connectivity index (χ3n) is 4.45. The molecule has 3 rings (SSSR count). The molecule has 1 saturated heterocycles. The summed E-state index contributed by atoms with van der Waals surface area (Å²) < 4.78 is 0. The van der Waals surface area contributed by atoms with E-state index >= 15 is 0 Å². The van der Waals surface area contributed by atoms with Gasteiger partial charge >= 0.3 is 0 Å². The molecule has 0 spiro atoms. The number of piperazine rings is 1. The van der Waals surface area contributed by atoms with Crippen molar-refractivity contribution in [2.75, 3.05) is 41.3 Å². The molecule has 6 nitrogen and oxygen atoms in total. The van der Waals surface area contributed by atoms with Crippen molar-refractivity contribution in [2.45, 2.75) is 26.2 Å². The lowest BCUT2D eigenvalue weighted by molar-refractivity contribution is -0.116. The number of unbranched alkanes of at least 4 members (excludes halogenated alkanes) is 1. The topological polar surface area (TPSA) is 61.4 Å². The lowest BCUT2D eigenvalue weighted by Crippen LogP contribution is -2.46. The monoisotopic (exact) mass is 373 g/mol. The fourth-order valence-corrected chi connectivity index (χ4v) is 3.15. The van der Waals surface area contributed by atoms with E-state index in [1.54, 1.807) is 0 Å². The number of nitrogens with zero attached hydrogens (tertiary/aromatic N) is 4. The molecule has 1 aromatic heterocycles. The Kier molecular flexibility index (Phi) is 6.28. The highest BCUT2D eigenvalue weighted by molar-refractivity contribution is 6.30. The highest BCUT2D eigenvalue weighted by atomic mass is 35.5. The van der Waals surface area contributed by atoms with Crippen molar-refractivity contribution in [3.05, 3.63) is 41.4 Å². The smallest absolute Gasteiger partial charge is 0.225 e. The van der Waals surface area contributed by atoms with Crippen LogP contribution in [0.25, 0.3) is 0 Å². The van der Waals surface area contributed by atoms with Crippen LogP contribution in [0.2, 0.25) is 5.02 Å². The Bertz CT molecular complexity index is 729. The van der Waals surface area contributed by atoms with Gasteiger partial charge in [0.2, 0.25) is 5.91 Å². The third-order valence-corrected chi connectivity index (χ3v) is 4.69. The van der Waals surface area contributed by atoms with Crippen LogP contribution in [0.1, 0.15) is 26.2 Å². The summed E-state index contributed by atoms with van der Waals surface area (Å²) in [6.07, 6.45) is 2.40. The average molecular weight is 374 g/mol. The third kappa shape index (κ3) is 4.85. The van der Waals surface area contributed by atoms with Gasteiger partial charge in [-0.05, 0) is 36.8 Å². The summed E-state index contributed by atoms with van der Waals surface area (Å²) in [5.74, 6) is 1.33. The number of anilines is 3. The number of benzene rings is 1. The Balaban J connectivity index is 1.54. The van der Waals surface area contributed by atoms with Gasteiger partial charge in [-0.15, -0.1) is 10.2 Å². The molecular weight excluding hydrogens is 350 g/mol. The molecule has 2 heterocycles. The van der Waals surface area contributed by atoms with Crippen LogP contribution in [-0.4, -0.2) is 42.3 Å². The van der Waals surface area contributed by atoms with Gasteiger partial charge in [-0.3, -0.25) is 4.79 Å². The van der Waals surface area contributed by atoms with Gasteiger partial charge in [-0.1, -0.05) is 31.0 Å². The maximum Gasteiger partial charge on any atom is 0.225 e. The number of hydrogen-bond donors (Lipinski definition) is 1. The van der Waals surface area contributed by atoms with E-state index in [-0.39, 0.29) is 5.91 Å². The molecule has 1 aliphatic heterocycles. The average Bonchev–Trinajstić information content (AvgIpc) is 2.67. The predicted octanol–water partition coefficient (Wildman–Crippen LogP) is 3.59. The van der Waals surface area contributed by atoms with Gasteiger partial charge in [-0.25, -0.2) is 0 Å². The number of hydrogen-bond acceptors (Lipinski definition) is 5. The van der Waals surface area contributed by atoms with Gasteiger partial charge in [0.15, 0.2) is 11.6 Å². The zero-order chi connectivity index (χ0) is 18.4. The van der Waals surface area contributed by atoms with Crippen molar-refractivity contribution < 1.29 is 4.79 Å². The normalized spacial score (nSPS) is 14.4. The number of halogens is 1. The molecular formula is C19H24ClN5O. The second-order valence-corrected chi connectivity index (χ2v) is 6.82. The largest absolute Gasteiger partial charge is 0.368 e. The molecule has 26 heavy (non-hydrogen) atoms. The molecule has 0 bridgehead atoms. The molecule has 0 radical (unpaired) electrons. The Morgan fingerprint density at radius 2 is 1.88 bits per heavy atom. The van der Waals surface area contributed by atoms with Crippen LogP contribution in [0.4, 0.5) is 17.3 Å². The molecule has 0 atom stereocenters. The molecule has 1 aliphatic rings. The van der Waals surface area contributed by atoms with Crippen molar-refractivity contribution in [1.82, 2.24) is 10.2 Å². The second kappa shape index (κ2) is 8.85. The quantitative estimate of drug-likeness (QED) is 0.838. The summed E-state index contributed by atoms with van der Waals surface area (Å²) >= 11 is 6.08. The minimum absolute atomic E-state index is 0.0102. The minimum atomic E-state index is -0.0102. The molecule has 0 unspecified atom stereocenters. The molecule has 1 aromatic carbocycles. The fourth-order valence-electron chi connectivity index (χ4n) is 2.97. The van der Waals surface area contributed by atoms with Crippen LogP contribution in [0.5, 0.6) is 0 Å². The summed E-state index contributed by atoms with van der Waals surface area (Å²) in [6, 6.07) is 11.7. The van der Waals surface area contributed by atoms with E-state index in [1.165, 1.54) is 0 Å². The summed E-state index contributed by atoms with van der Waals surface area (Å²) in [7, 11) is 0. The van der Waals surface area contributed by atoms with Crippen molar-refractivity contribution in [2.24, 2.45) is 0 Å². The van der Waals surface area contributed by atoms with Gasteiger partial charge in [0.25, 0.3) is 0 Å². The lowest BCUT2D eigenvalue weighted by atomic mass is 10.2. The first-order valence-corrected chi connectivity index (χ1v) is 9.42. The highest BCUT2D eigenvalue weighted by Crippen LogP contribution is 2.22. The number of aromatic nitrogens is 2. The van der Waals surface area contributed by atoms with E-state index < -0.39 is 0 Å². The molecule has 7 heteroatoms. The van der Waals surface area contributed by atoms with E-state index in [0.717, 1.165) is 55.5 Å². The van der Waals surface area contributed by atoms with Crippen molar-refractivity contribution in [3.63, 3.8) is 0 Å². The van der Waals surface area contributed by atoms with Crippen LogP contribution in [0.3, 0.4) is 0 Å². The van der Waals surface area contributed by atoms with Crippen molar-refractivity contribution >= 4 is 34.8 Å². The van der Waals surface area contributed by atoms with Gasteiger partial charge in [0.05, 0.1) is 0 Å². The number of rotatable bonds is 6. The predicted molar refractivity (Wildman–Crippen MR) is 106 cm³/mol. The van der Waals surface area contributed by atoms with Crippen molar-refractivity contribution in [3.8, 4) is 0 Å². The first kappa shape index (κ1) is 18.5. The summed E-state index contributed by atoms with van der Waals surface area (Å²) in [4.78, 5) is 16.3. The first-order chi connectivity index (χ1) is 12.7. The Morgan fingerprint density at radius 1 is 1.12 bits per heavy atom. The summed E-state index contributed by atoms with van der Waals surface area (Å²) in [5, 5.41) is 12.0. The van der Waals surface area contributed by atoms with Gasteiger partial charge in [-0.2, -0.15) is 0 Å². The first-order valence-electron chi connectivity index (χ1n) is 9.05. The Hall–Kier alpha value is -2.34. The van der Waals surface area contributed by atoms with Crippen LogP contribution in [0, 0.1) is 0 Å². The minimum Gasteiger partial charge on any atom is -0.368 e. The number of amides is 1. The zero-order valence-electron chi connectivity index (χ0n) is 15.0. The van der Waals surface area contributed by atoms with Crippen molar-refractivity contribution in [1.29, 1.82) is 0 Å². The molecule has 1 N–H and O–H groups in total. The lowest BCUT2D eigenvalue weighted by Gasteiger charge is -2.36. The fraction of sp³-hybridized carbons (Fsp3) is 0.421.